The molecule has 0 radical (unpaired) electrons. The predicted molar refractivity (Wildman–Crippen MR) is 116 cm³/mol. The van der Waals surface area contributed by atoms with Crippen LogP contribution in [0.15, 0.2) is 65.7 Å². The zero-order valence-electron chi connectivity index (χ0n) is 15.6. The van der Waals surface area contributed by atoms with Gasteiger partial charge in [0.2, 0.25) is 5.52 Å². The molecule has 6 aromatic rings. The van der Waals surface area contributed by atoms with Gasteiger partial charge in [0.25, 0.3) is 0 Å². The van der Waals surface area contributed by atoms with E-state index >= 15 is 0 Å². The highest BCUT2D eigenvalue weighted by Crippen LogP contribution is 2.42. The number of hydrogen-bond acceptors (Lipinski definition) is 1. The molecule has 0 aliphatic carbocycles. The maximum Gasteiger partial charge on any atom is 0.224 e. The van der Waals surface area contributed by atoms with E-state index in [9.17, 15) is 0 Å². The second-order valence-electron chi connectivity index (χ2n) is 7.36. The van der Waals surface area contributed by atoms with Crippen molar-refractivity contribution >= 4 is 60.8 Å². The standard InChI is InChI=1S/C24H19N2S/c1-14-10-11-16-22-18(8-5-9-19(22)27-3)26-17-7-4-6-15-12-13-25(2)24(21(15)17)20(14)23(16)26/h4-13H,1-3H3/q+1. The van der Waals surface area contributed by atoms with E-state index in [0.717, 1.165) is 0 Å². The quantitative estimate of drug-likeness (QED) is 0.153. The van der Waals surface area contributed by atoms with Crippen molar-refractivity contribution in [2.45, 2.75) is 11.8 Å². The lowest BCUT2D eigenvalue weighted by Gasteiger charge is -2.12. The Labute approximate surface area is 161 Å². The normalized spacial score (nSPS) is 12.4. The summed E-state index contributed by atoms with van der Waals surface area (Å²) in [4.78, 5) is 1.34. The van der Waals surface area contributed by atoms with Crippen LogP contribution in [-0.4, -0.2) is 10.7 Å². The fraction of sp³-hybridized carbons (Fsp3) is 0.125. The zero-order chi connectivity index (χ0) is 18.3. The first-order chi connectivity index (χ1) is 13.2. The van der Waals surface area contributed by atoms with E-state index < -0.39 is 0 Å². The van der Waals surface area contributed by atoms with Crippen molar-refractivity contribution in [3.05, 3.63) is 66.4 Å². The van der Waals surface area contributed by atoms with E-state index in [2.05, 4.69) is 90.0 Å². The summed E-state index contributed by atoms with van der Waals surface area (Å²) in [5.74, 6) is 0. The Morgan fingerprint density at radius 3 is 2.44 bits per heavy atom. The molecule has 0 atom stereocenters. The van der Waals surface area contributed by atoms with Crippen LogP contribution < -0.4 is 4.57 Å². The molecular weight excluding hydrogens is 348 g/mol. The molecule has 0 fully saturated rings. The van der Waals surface area contributed by atoms with E-state index in [1.807, 2.05) is 11.8 Å². The molecule has 0 aliphatic heterocycles. The van der Waals surface area contributed by atoms with E-state index in [0.29, 0.717) is 0 Å². The topological polar surface area (TPSA) is 8.29 Å². The third-order valence-electron chi connectivity index (χ3n) is 5.96. The Morgan fingerprint density at radius 1 is 0.852 bits per heavy atom. The van der Waals surface area contributed by atoms with E-state index in [1.165, 1.54) is 59.5 Å². The summed E-state index contributed by atoms with van der Waals surface area (Å²) in [6.07, 6.45) is 4.35. The highest BCUT2D eigenvalue weighted by Gasteiger charge is 2.24. The molecule has 130 valence electrons. The van der Waals surface area contributed by atoms with Crippen molar-refractivity contribution in [1.29, 1.82) is 0 Å². The average molecular weight is 367 g/mol. The first-order valence-electron chi connectivity index (χ1n) is 9.23. The molecule has 3 aromatic heterocycles. The highest BCUT2D eigenvalue weighted by molar-refractivity contribution is 7.98. The molecular formula is C24H19N2S+. The molecule has 0 spiro atoms. The second-order valence-corrected chi connectivity index (χ2v) is 8.21. The predicted octanol–water partition coefficient (Wildman–Crippen LogP) is 5.84. The molecule has 0 bridgehead atoms. The summed E-state index contributed by atoms with van der Waals surface area (Å²) in [7, 11) is 2.16. The lowest BCUT2D eigenvalue weighted by atomic mass is 10.00. The number of hydrogen-bond donors (Lipinski definition) is 0. The van der Waals surface area contributed by atoms with Gasteiger partial charge in [0, 0.05) is 21.7 Å². The third kappa shape index (κ3) is 1.75. The summed E-state index contributed by atoms with van der Waals surface area (Å²) in [5.41, 5.74) is 6.58. The minimum absolute atomic E-state index is 1.29. The Hall–Kier alpha value is -2.78. The van der Waals surface area contributed by atoms with E-state index in [-0.39, 0.29) is 0 Å². The summed E-state index contributed by atoms with van der Waals surface area (Å²) in [6, 6.07) is 20.2. The van der Waals surface area contributed by atoms with E-state index in [1.54, 1.807) is 0 Å². The number of pyridine rings is 2. The van der Waals surface area contributed by atoms with Gasteiger partial charge >= 0.3 is 0 Å². The zero-order valence-corrected chi connectivity index (χ0v) is 16.4. The van der Waals surface area contributed by atoms with Gasteiger partial charge in [-0.2, -0.15) is 0 Å². The molecule has 3 aromatic carbocycles. The second kappa shape index (κ2) is 5.14. The van der Waals surface area contributed by atoms with Gasteiger partial charge in [-0.1, -0.05) is 30.3 Å². The Morgan fingerprint density at radius 2 is 1.63 bits per heavy atom. The van der Waals surface area contributed by atoms with Crippen molar-refractivity contribution in [2.75, 3.05) is 6.26 Å². The maximum atomic E-state index is 2.49. The minimum Gasteiger partial charge on any atom is -0.307 e. The summed E-state index contributed by atoms with van der Waals surface area (Å²) in [6.45, 7) is 2.24. The lowest BCUT2D eigenvalue weighted by molar-refractivity contribution is -0.643. The summed E-state index contributed by atoms with van der Waals surface area (Å²) >= 11 is 1.83. The SMILES string of the molecule is CSc1cccc2c1c1ccc(C)c3c1n2c1cccc2cc[n+](C)c3c21. The van der Waals surface area contributed by atoms with Crippen LogP contribution >= 0.6 is 11.8 Å². The maximum absolute atomic E-state index is 2.49. The third-order valence-corrected chi connectivity index (χ3v) is 6.74. The molecule has 0 N–H and O–H groups in total. The number of benzene rings is 3. The van der Waals surface area contributed by atoms with Crippen molar-refractivity contribution in [3.8, 4) is 0 Å². The first kappa shape index (κ1) is 15.3. The smallest absolute Gasteiger partial charge is 0.224 e. The van der Waals surface area contributed by atoms with Crippen LogP contribution in [0.3, 0.4) is 0 Å². The van der Waals surface area contributed by atoms with Gasteiger partial charge < -0.3 is 4.40 Å². The molecule has 0 saturated heterocycles. The van der Waals surface area contributed by atoms with Gasteiger partial charge in [-0.25, -0.2) is 4.57 Å². The van der Waals surface area contributed by atoms with Crippen molar-refractivity contribution in [2.24, 2.45) is 7.05 Å². The van der Waals surface area contributed by atoms with Gasteiger partial charge in [0.05, 0.1) is 27.3 Å². The molecule has 0 aliphatic rings. The molecule has 3 heterocycles. The molecule has 2 nitrogen and oxygen atoms in total. The Bertz CT molecular complexity index is 1520. The summed E-state index contributed by atoms with van der Waals surface area (Å²) < 4.78 is 4.77. The molecule has 27 heavy (non-hydrogen) atoms. The van der Waals surface area contributed by atoms with Gasteiger partial charge in [-0.15, -0.1) is 11.8 Å². The van der Waals surface area contributed by atoms with E-state index in [4.69, 9.17) is 0 Å². The number of aryl methyl sites for hydroxylation is 2. The van der Waals surface area contributed by atoms with Crippen LogP contribution in [0.25, 0.3) is 49.0 Å². The van der Waals surface area contributed by atoms with Crippen molar-refractivity contribution < 1.29 is 4.57 Å². The van der Waals surface area contributed by atoms with Gasteiger partial charge in [0.1, 0.15) is 7.05 Å². The molecule has 0 saturated carbocycles. The number of rotatable bonds is 1. The van der Waals surface area contributed by atoms with Crippen molar-refractivity contribution in [1.82, 2.24) is 4.40 Å². The molecule has 0 amide bonds. The van der Waals surface area contributed by atoms with Gasteiger partial charge in [-0.3, -0.25) is 0 Å². The molecule has 0 unspecified atom stereocenters. The monoisotopic (exact) mass is 367 g/mol. The number of aromatic nitrogens is 2. The van der Waals surface area contributed by atoms with Crippen LogP contribution in [0.2, 0.25) is 0 Å². The largest absolute Gasteiger partial charge is 0.307 e. The number of nitrogens with zero attached hydrogens (tertiary/aromatic N) is 2. The number of fused-ring (bicyclic) bond motifs is 5. The molecule has 3 heteroatoms. The van der Waals surface area contributed by atoms with Gasteiger partial charge in [0.15, 0.2) is 6.20 Å². The summed E-state index contributed by atoms with van der Waals surface area (Å²) in [5, 5.41) is 6.72. The van der Waals surface area contributed by atoms with Gasteiger partial charge in [-0.05, 0) is 42.3 Å². The molecule has 6 rings (SSSR count). The number of thioether (sulfide) groups is 1. The van der Waals surface area contributed by atoms with Crippen LogP contribution in [0.5, 0.6) is 0 Å². The average Bonchev–Trinajstić information content (AvgIpc) is 3.03. The fourth-order valence-electron chi connectivity index (χ4n) is 4.83. The van der Waals surface area contributed by atoms with Crippen molar-refractivity contribution in [3.63, 3.8) is 0 Å². The fourth-order valence-corrected chi connectivity index (χ4v) is 5.46. The first-order valence-corrected chi connectivity index (χ1v) is 10.5. The van der Waals surface area contributed by atoms with Crippen LogP contribution in [0.4, 0.5) is 0 Å². The van der Waals surface area contributed by atoms with Crippen LogP contribution in [0, 0.1) is 6.92 Å². The Kier molecular flexibility index (Phi) is 2.91. The van der Waals surface area contributed by atoms with Crippen LogP contribution in [-0.2, 0) is 7.05 Å². The highest BCUT2D eigenvalue weighted by atomic mass is 32.2. The lowest BCUT2D eigenvalue weighted by Crippen LogP contribution is -2.28. The van der Waals surface area contributed by atoms with Crippen LogP contribution in [0.1, 0.15) is 5.56 Å². The minimum atomic E-state index is 1.29. The Balaban J connectivity index is 2.13.